The normalized spacial score (nSPS) is 10.6. The lowest BCUT2D eigenvalue weighted by molar-refractivity contribution is 0.196. The number of thioether (sulfide) groups is 1. The van der Waals surface area contributed by atoms with Crippen LogP contribution in [0.15, 0.2) is 60.7 Å². The predicted octanol–water partition coefficient (Wildman–Crippen LogP) is 4.35. The monoisotopic (exact) mass is 331 g/mol. The third-order valence-electron chi connectivity index (χ3n) is 3.29. The van der Waals surface area contributed by atoms with Gasteiger partial charge >= 0.3 is 0 Å². The second kappa shape index (κ2) is 9.62. The van der Waals surface area contributed by atoms with Gasteiger partial charge in [-0.2, -0.15) is 0 Å². The topological polar surface area (TPSA) is 12.5 Å². The summed E-state index contributed by atoms with van der Waals surface area (Å²) >= 11 is 6.56. The van der Waals surface area contributed by atoms with E-state index in [9.17, 15) is 0 Å². The van der Waals surface area contributed by atoms with Gasteiger partial charge in [-0.25, -0.2) is 0 Å². The van der Waals surface area contributed by atoms with Gasteiger partial charge in [-0.3, -0.25) is 4.90 Å². The molecule has 0 aromatic heterocycles. The van der Waals surface area contributed by atoms with Crippen LogP contribution < -0.4 is 0 Å². The fraction of sp³-hybridized carbons (Fsp3) is 0.278. The van der Waals surface area contributed by atoms with E-state index in [0.717, 1.165) is 19.6 Å². The summed E-state index contributed by atoms with van der Waals surface area (Å²) in [5.74, 6) is 0. The number of ether oxygens (including phenoxy) is 1. The van der Waals surface area contributed by atoms with Crippen molar-refractivity contribution in [2.75, 3.05) is 19.4 Å². The second-order valence-electron chi connectivity index (χ2n) is 4.98. The van der Waals surface area contributed by atoms with Crippen molar-refractivity contribution in [3.05, 3.63) is 71.8 Å². The summed E-state index contributed by atoms with van der Waals surface area (Å²) in [6.07, 6.45) is 1.94. The Balaban J connectivity index is 1.95. The standard InChI is InChI=1S/C18H21NOS2/c1-22-18(21)20-13-12-19(14-16-8-4-2-5-9-16)15-17-10-6-3-7-11-17/h2-11H,12-15H2,1H3. The largest absolute Gasteiger partial charge is 0.477 e. The van der Waals surface area contributed by atoms with Gasteiger partial charge < -0.3 is 4.74 Å². The van der Waals surface area contributed by atoms with E-state index in [1.165, 1.54) is 22.9 Å². The summed E-state index contributed by atoms with van der Waals surface area (Å²) in [6, 6.07) is 21.0. The first-order valence-corrected chi connectivity index (χ1v) is 8.92. The molecule has 0 amide bonds. The summed E-state index contributed by atoms with van der Waals surface area (Å²) in [7, 11) is 0. The maximum Gasteiger partial charge on any atom is 0.219 e. The number of thiocarbonyl (C=S) groups is 1. The van der Waals surface area contributed by atoms with Crippen molar-refractivity contribution >= 4 is 28.4 Å². The molecule has 116 valence electrons. The van der Waals surface area contributed by atoms with Crippen molar-refractivity contribution in [1.29, 1.82) is 0 Å². The van der Waals surface area contributed by atoms with Crippen LogP contribution in [0.1, 0.15) is 11.1 Å². The first kappa shape index (κ1) is 17.0. The van der Waals surface area contributed by atoms with Crippen LogP contribution in [0.3, 0.4) is 0 Å². The number of rotatable bonds is 7. The van der Waals surface area contributed by atoms with Crippen LogP contribution in [0.25, 0.3) is 0 Å². The minimum absolute atomic E-state index is 0.611. The van der Waals surface area contributed by atoms with Gasteiger partial charge in [0.1, 0.15) is 6.61 Å². The minimum atomic E-state index is 0.611. The number of nitrogens with zero attached hydrogens (tertiary/aromatic N) is 1. The zero-order valence-corrected chi connectivity index (χ0v) is 14.4. The summed E-state index contributed by atoms with van der Waals surface area (Å²) in [4.78, 5) is 2.38. The molecule has 22 heavy (non-hydrogen) atoms. The third kappa shape index (κ3) is 6.18. The molecule has 0 spiro atoms. The first-order chi connectivity index (χ1) is 10.8. The molecular formula is C18H21NOS2. The number of hydrogen-bond donors (Lipinski definition) is 0. The highest BCUT2D eigenvalue weighted by atomic mass is 32.2. The van der Waals surface area contributed by atoms with E-state index >= 15 is 0 Å². The Morgan fingerprint density at radius 1 is 0.955 bits per heavy atom. The molecule has 2 nitrogen and oxygen atoms in total. The molecule has 2 rings (SSSR count). The van der Waals surface area contributed by atoms with E-state index in [-0.39, 0.29) is 0 Å². The van der Waals surface area contributed by atoms with Crippen molar-refractivity contribution in [1.82, 2.24) is 4.90 Å². The maximum absolute atomic E-state index is 5.55. The molecule has 0 heterocycles. The fourth-order valence-electron chi connectivity index (χ4n) is 2.21. The van der Waals surface area contributed by atoms with Crippen LogP contribution in [0, 0.1) is 0 Å². The van der Waals surface area contributed by atoms with Gasteiger partial charge in [0.2, 0.25) is 4.38 Å². The van der Waals surface area contributed by atoms with Crippen LogP contribution >= 0.6 is 24.0 Å². The van der Waals surface area contributed by atoms with Gasteiger partial charge in [-0.15, -0.1) is 0 Å². The van der Waals surface area contributed by atoms with E-state index in [4.69, 9.17) is 17.0 Å². The molecule has 0 N–H and O–H groups in total. The van der Waals surface area contributed by atoms with Crippen molar-refractivity contribution < 1.29 is 4.74 Å². The maximum atomic E-state index is 5.55. The third-order valence-corrected chi connectivity index (χ3v) is 4.36. The van der Waals surface area contributed by atoms with Crippen molar-refractivity contribution in [3.8, 4) is 0 Å². The van der Waals surface area contributed by atoms with Crippen LogP contribution in [0.4, 0.5) is 0 Å². The Morgan fingerprint density at radius 3 is 1.91 bits per heavy atom. The molecular weight excluding hydrogens is 310 g/mol. The van der Waals surface area contributed by atoms with Crippen molar-refractivity contribution in [2.45, 2.75) is 13.1 Å². The molecule has 0 saturated heterocycles. The van der Waals surface area contributed by atoms with Gasteiger partial charge in [0, 0.05) is 19.6 Å². The molecule has 0 unspecified atom stereocenters. The van der Waals surface area contributed by atoms with Gasteiger partial charge in [-0.05, 0) is 29.6 Å². The molecule has 0 radical (unpaired) electrons. The highest BCUT2D eigenvalue weighted by Gasteiger charge is 2.08. The number of benzene rings is 2. The van der Waals surface area contributed by atoms with Crippen molar-refractivity contribution in [2.24, 2.45) is 0 Å². The van der Waals surface area contributed by atoms with Gasteiger partial charge in [0.15, 0.2) is 0 Å². The van der Waals surface area contributed by atoms with Crippen LogP contribution in [-0.4, -0.2) is 28.7 Å². The zero-order chi connectivity index (χ0) is 15.6. The quantitative estimate of drug-likeness (QED) is 0.699. The molecule has 0 aliphatic rings. The highest BCUT2D eigenvalue weighted by Crippen LogP contribution is 2.10. The first-order valence-electron chi connectivity index (χ1n) is 7.29. The second-order valence-corrected chi connectivity index (χ2v) is 6.39. The summed E-state index contributed by atoms with van der Waals surface area (Å²) in [5, 5.41) is 0. The van der Waals surface area contributed by atoms with Crippen LogP contribution in [0.5, 0.6) is 0 Å². The van der Waals surface area contributed by atoms with Crippen LogP contribution in [0.2, 0.25) is 0 Å². The molecule has 0 saturated carbocycles. The van der Waals surface area contributed by atoms with Gasteiger partial charge in [0.05, 0.1) is 0 Å². The Kier molecular flexibility index (Phi) is 7.43. The molecule has 0 bridgehead atoms. The Bertz CT molecular complexity index is 518. The van der Waals surface area contributed by atoms with E-state index in [1.54, 1.807) is 0 Å². The Hall–Kier alpha value is -1.36. The van der Waals surface area contributed by atoms with Crippen LogP contribution in [-0.2, 0) is 17.8 Å². The minimum Gasteiger partial charge on any atom is -0.477 e. The molecule has 2 aromatic carbocycles. The average Bonchev–Trinajstić information content (AvgIpc) is 2.56. The van der Waals surface area contributed by atoms with Gasteiger partial charge in [0.25, 0.3) is 0 Å². The molecule has 0 atom stereocenters. The predicted molar refractivity (Wildman–Crippen MR) is 99.1 cm³/mol. The molecule has 0 aliphatic carbocycles. The molecule has 0 aliphatic heterocycles. The van der Waals surface area contributed by atoms with E-state index in [0.29, 0.717) is 11.0 Å². The van der Waals surface area contributed by atoms with E-state index in [1.807, 2.05) is 18.4 Å². The Morgan fingerprint density at radius 2 is 1.45 bits per heavy atom. The summed E-state index contributed by atoms with van der Waals surface area (Å²) in [5.41, 5.74) is 2.62. The SMILES string of the molecule is CSC(=S)OCCN(Cc1ccccc1)Cc1ccccc1. The average molecular weight is 332 g/mol. The highest BCUT2D eigenvalue weighted by molar-refractivity contribution is 8.22. The summed E-state index contributed by atoms with van der Waals surface area (Å²) in [6.45, 7) is 3.29. The Labute approximate surface area is 142 Å². The molecule has 0 fully saturated rings. The van der Waals surface area contributed by atoms with E-state index < -0.39 is 0 Å². The van der Waals surface area contributed by atoms with E-state index in [2.05, 4.69) is 53.4 Å². The number of hydrogen-bond acceptors (Lipinski definition) is 4. The lowest BCUT2D eigenvalue weighted by Crippen LogP contribution is -2.27. The lowest BCUT2D eigenvalue weighted by atomic mass is 10.1. The van der Waals surface area contributed by atoms with Crippen molar-refractivity contribution in [3.63, 3.8) is 0 Å². The fourth-order valence-corrected chi connectivity index (χ4v) is 2.50. The smallest absolute Gasteiger partial charge is 0.219 e. The zero-order valence-electron chi connectivity index (χ0n) is 12.8. The summed E-state index contributed by atoms with van der Waals surface area (Å²) < 4.78 is 6.16. The molecule has 2 aromatic rings. The van der Waals surface area contributed by atoms with Gasteiger partial charge in [-0.1, -0.05) is 72.4 Å². The lowest BCUT2D eigenvalue weighted by Gasteiger charge is -2.22. The molecule has 4 heteroatoms.